The molecule has 0 radical (unpaired) electrons. The van der Waals surface area contributed by atoms with Crippen LogP contribution in [0.15, 0.2) is 12.2 Å². The number of hydrogen-bond donors (Lipinski definition) is 0. The van der Waals surface area contributed by atoms with E-state index in [4.69, 9.17) is 5.26 Å². The zero-order valence-electron chi connectivity index (χ0n) is 6.76. The van der Waals surface area contributed by atoms with Crippen molar-refractivity contribution in [2.75, 3.05) is 7.11 Å². The molecule has 0 aliphatic rings. The van der Waals surface area contributed by atoms with Gasteiger partial charge in [-0.1, -0.05) is 5.57 Å². The topological polar surface area (TPSA) is 50.1 Å². The van der Waals surface area contributed by atoms with Crippen LogP contribution >= 0.6 is 0 Å². The van der Waals surface area contributed by atoms with Crippen molar-refractivity contribution < 1.29 is 9.53 Å². The number of methoxy groups -OCH3 is 1. The lowest BCUT2D eigenvalue weighted by atomic mass is 10.0. The van der Waals surface area contributed by atoms with Gasteiger partial charge in [0.05, 0.1) is 13.2 Å². The summed E-state index contributed by atoms with van der Waals surface area (Å²) in [5, 5.41) is 8.48. The normalized spacial score (nSPS) is 11.4. The number of rotatable bonds is 3. The maximum Gasteiger partial charge on any atom is 0.323 e. The first-order valence-corrected chi connectivity index (χ1v) is 3.23. The van der Waals surface area contributed by atoms with Crippen LogP contribution in [0.4, 0.5) is 0 Å². The average molecular weight is 153 g/mol. The second kappa shape index (κ2) is 4.51. The second-order valence-corrected chi connectivity index (χ2v) is 2.37. The van der Waals surface area contributed by atoms with Gasteiger partial charge in [0.2, 0.25) is 0 Å². The molecule has 0 spiro atoms. The summed E-state index contributed by atoms with van der Waals surface area (Å²) in [5.41, 5.74) is 0.807. The molecule has 0 rings (SSSR count). The molecule has 1 atom stereocenters. The number of esters is 1. The minimum absolute atomic E-state index is 0.378. The van der Waals surface area contributed by atoms with Gasteiger partial charge in [-0.05, 0) is 13.3 Å². The van der Waals surface area contributed by atoms with Gasteiger partial charge in [-0.3, -0.25) is 4.79 Å². The van der Waals surface area contributed by atoms with Gasteiger partial charge >= 0.3 is 5.97 Å². The molecule has 0 aliphatic carbocycles. The van der Waals surface area contributed by atoms with Crippen LogP contribution in [0.3, 0.4) is 0 Å². The molecule has 0 saturated carbocycles. The quantitative estimate of drug-likeness (QED) is 0.453. The maximum absolute atomic E-state index is 10.8. The molecule has 11 heavy (non-hydrogen) atoms. The summed E-state index contributed by atoms with van der Waals surface area (Å²) in [6.07, 6.45) is 0.378. The smallest absolute Gasteiger partial charge is 0.323 e. The third-order valence-corrected chi connectivity index (χ3v) is 1.19. The van der Waals surface area contributed by atoms with Crippen molar-refractivity contribution in [2.45, 2.75) is 13.3 Å². The van der Waals surface area contributed by atoms with Crippen molar-refractivity contribution in [1.29, 1.82) is 5.26 Å². The fraction of sp³-hybridized carbons (Fsp3) is 0.500. The number of carbonyl (C=O) groups is 1. The Morgan fingerprint density at radius 3 is 2.64 bits per heavy atom. The summed E-state index contributed by atoms with van der Waals surface area (Å²) in [4.78, 5) is 10.8. The first kappa shape index (κ1) is 9.70. The van der Waals surface area contributed by atoms with E-state index in [1.54, 1.807) is 6.92 Å². The van der Waals surface area contributed by atoms with Gasteiger partial charge in [-0.25, -0.2) is 0 Å². The van der Waals surface area contributed by atoms with Crippen LogP contribution in [0.1, 0.15) is 13.3 Å². The Morgan fingerprint density at radius 2 is 2.36 bits per heavy atom. The molecule has 0 bridgehead atoms. The van der Waals surface area contributed by atoms with Crippen molar-refractivity contribution in [3.63, 3.8) is 0 Å². The van der Waals surface area contributed by atoms with Gasteiger partial charge in [0.25, 0.3) is 0 Å². The van der Waals surface area contributed by atoms with Crippen LogP contribution in [-0.4, -0.2) is 13.1 Å². The SMILES string of the molecule is C=C(C)CC(C#N)C(=O)OC. The van der Waals surface area contributed by atoms with E-state index in [-0.39, 0.29) is 0 Å². The standard InChI is InChI=1S/C8H11NO2/c1-6(2)4-7(5-9)8(10)11-3/h7H,1,4H2,2-3H3. The first-order chi connectivity index (χ1) is 5.11. The number of carbonyl (C=O) groups excluding carboxylic acids is 1. The van der Waals surface area contributed by atoms with Gasteiger partial charge in [0.1, 0.15) is 5.92 Å². The molecule has 0 aromatic heterocycles. The Labute approximate surface area is 66.3 Å². The molecule has 3 nitrogen and oxygen atoms in total. The van der Waals surface area contributed by atoms with Gasteiger partial charge in [-0.15, -0.1) is 6.58 Å². The van der Waals surface area contributed by atoms with Crippen LogP contribution in [0.2, 0.25) is 0 Å². The molecule has 60 valence electrons. The number of hydrogen-bond acceptors (Lipinski definition) is 3. The largest absolute Gasteiger partial charge is 0.468 e. The minimum Gasteiger partial charge on any atom is -0.468 e. The summed E-state index contributed by atoms with van der Waals surface area (Å²) >= 11 is 0. The molecule has 0 fully saturated rings. The third kappa shape index (κ3) is 3.41. The lowest BCUT2D eigenvalue weighted by Crippen LogP contribution is -2.14. The van der Waals surface area contributed by atoms with E-state index in [2.05, 4.69) is 11.3 Å². The molecule has 0 aliphatic heterocycles. The Morgan fingerprint density at radius 1 is 1.82 bits per heavy atom. The van der Waals surface area contributed by atoms with Crippen molar-refractivity contribution in [3.05, 3.63) is 12.2 Å². The highest BCUT2D eigenvalue weighted by Gasteiger charge is 2.17. The molecule has 0 aromatic rings. The lowest BCUT2D eigenvalue weighted by molar-refractivity contribution is -0.143. The molecule has 0 saturated heterocycles. The van der Waals surface area contributed by atoms with Gasteiger partial charge < -0.3 is 4.74 Å². The van der Waals surface area contributed by atoms with Crippen LogP contribution in [0.25, 0.3) is 0 Å². The van der Waals surface area contributed by atoms with Crippen molar-refractivity contribution in [2.24, 2.45) is 5.92 Å². The van der Waals surface area contributed by atoms with Crippen molar-refractivity contribution in [1.82, 2.24) is 0 Å². The number of ether oxygens (including phenoxy) is 1. The molecule has 0 heterocycles. The summed E-state index contributed by atoms with van der Waals surface area (Å²) in [6, 6.07) is 1.85. The van der Waals surface area contributed by atoms with Crippen molar-refractivity contribution in [3.8, 4) is 6.07 Å². The number of nitrogens with zero attached hydrogens (tertiary/aromatic N) is 1. The van der Waals surface area contributed by atoms with E-state index in [9.17, 15) is 4.79 Å². The van der Waals surface area contributed by atoms with E-state index in [0.29, 0.717) is 6.42 Å². The first-order valence-electron chi connectivity index (χ1n) is 3.23. The highest BCUT2D eigenvalue weighted by atomic mass is 16.5. The monoisotopic (exact) mass is 153 g/mol. The van der Waals surface area contributed by atoms with Crippen LogP contribution in [0.5, 0.6) is 0 Å². The minimum atomic E-state index is -0.697. The highest BCUT2D eigenvalue weighted by molar-refractivity contribution is 5.75. The Kier molecular flexibility index (Phi) is 3.97. The Balaban J connectivity index is 4.09. The second-order valence-electron chi connectivity index (χ2n) is 2.37. The van der Waals surface area contributed by atoms with Crippen LogP contribution < -0.4 is 0 Å². The molecular weight excluding hydrogens is 142 g/mol. The van der Waals surface area contributed by atoms with E-state index in [1.165, 1.54) is 7.11 Å². The molecular formula is C8H11NO2. The predicted octanol–water partition coefficient (Wildman–Crippen LogP) is 1.27. The fourth-order valence-corrected chi connectivity index (χ4v) is 0.672. The van der Waals surface area contributed by atoms with Crippen LogP contribution in [-0.2, 0) is 9.53 Å². The third-order valence-electron chi connectivity index (χ3n) is 1.19. The molecule has 0 N–H and O–H groups in total. The summed E-state index contributed by atoms with van der Waals surface area (Å²) in [5.74, 6) is -1.19. The van der Waals surface area contributed by atoms with E-state index in [1.807, 2.05) is 6.07 Å². The summed E-state index contributed by atoms with van der Waals surface area (Å²) < 4.78 is 4.40. The van der Waals surface area contributed by atoms with Crippen LogP contribution in [0, 0.1) is 17.2 Å². The lowest BCUT2D eigenvalue weighted by Gasteiger charge is -2.04. The van der Waals surface area contributed by atoms with Gasteiger partial charge in [0, 0.05) is 0 Å². The summed E-state index contributed by atoms with van der Waals surface area (Å²) in [7, 11) is 1.27. The van der Waals surface area contributed by atoms with Gasteiger partial charge in [0.15, 0.2) is 0 Å². The maximum atomic E-state index is 10.8. The highest BCUT2D eigenvalue weighted by Crippen LogP contribution is 2.09. The molecule has 0 amide bonds. The zero-order valence-corrected chi connectivity index (χ0v) is 6.76. The van der Waals surface area contributed by atoms with E-state index < -0.39 is 11.9 Å². The Bertz CT molecular complexity index is 203. The fourth-order valence-electron chi connectivity index (χ4n) is 0.672. The number of nitriles is 1. The zero-order chi connectivity index (χ0) is 8.85. The van der Waals surface area contributed by atoms with Gasteiger partial charge in [-0.2, -0.15) is 5.26 Å². The molecule has 3 heteroatoms. The average Bonchev–Trinajstić information content (AvgIpc) is 1.98. The van der Waals surface area contributed by atoms with E-state index in [0.717, 1.165) is 5.57 Å². The molecule has 0 aromatic carbocycles. The molecule has 1 unspecified atom stereocenters. The van der Waals surface area contributed by atoms with E-state index >= 15 is 0 Å². The number of allylic oxidation sites excluding steroid dienone is 1. The Hall–Kier alpha value is -1.30. The van der Waals surface area contributed by atoms with Crippen molar-refractivity contribution >= 4 is 5.97 Å². The predicted molar refractivity (Wildman–Crippen MR) is 40.6 cm³/mol. The summed E-state index contributed by atoms with van der Waals surface area (Å²) in [6.45, 7) is 5.37.